The minimum Gasteiger partial charge on any atom is -0.550 e. The minimum atomic E-state index is -1.26. The van der Waals surface area contributed by atoms with Crippen molar-refractivity contribution in [1.82, 2.24) is 0 Å². The molecule has 0 spiro atoms. The summed E-state index contributed by atoms with van der Waals surface area (Å²) < 4.78 is 20.5. The number of carboxylic acids is 1. The molecule has 1 saturated carbocycles. The van der Waals surface area contributed by atoms with Gasteiger partial charge in [-0.15, -0.1) is 0 Å². The third kappa shape index (κ3) is 7.92. The van der Waals surface area contributed by atoms with Gasteiger partial charge in [0, 0.05) is 18.3 Å². The number of ether oxygens (including phenoxy) is 1. The standard InChI is InChI=1S/C20H33FO5.Na.H2O/c1-2-3-4-7-13(22)10-11-14-15(23)12-17-19(14)20(21)16(26-17)8-5-6-9-18(24)25;;/h8,13-15,17,19-20,22-23H,2-7,9-12H2,1H3,(H,24,25);;1H2/q;+1;/p-1/b16-8-;;/t13-,14-,15+,17+,19+,20+;;/m0../s1. The third-order valence-electron chi connectivity index (χ3n) is 5.69. The second-order valence-corrected chi connectivity index (χ2v) is 7.70. The number of fused-ring (bicyclic) bond motifs is 1. The van der Waals surface area contributed by atoms with Crippen LogP contribution in [0.1, 0.15) is 71.1 Å². The zero-order valence-corrected chi connectivity index (χ0v) is 19.1. The summed E-state index contributed by atoms with van der Waals surface area (Å²) in [4.78, 5) is 10.4. The van der Waals surface area contributed by atoms with E-state index in [9.17, 15) is 24.5 Å². The van der Waals surface area contributed by atoms with Crippen LogP contribution in [-0.4, -0.2) is 46.1 Å². The van der Waals surface area contributed by atoms with Gasteiger partial charge in [-0.1, -0.05) is 26.2 Å². The monoisotopic (exact) mass is 412 g/mol. The van der Waals surface area contributed by atoms with Gasteiger partial charge < -0.3 is 30.3 Å². The first-order chi connectivity index (χ1) is 12.4. The molecule has 1 aliphatic heterocycles. The van der Waals surface area contributed by atoms with Crippen molar-refractivity contribution in [2.45, 2.75) is 95.6 Å². The number of hydrogen-bond donors (Lipinski definition) is 2. The number of carboxylic acid groups (broad SMARTS) is 1. The van der Waals surface area contributed by atoms with Crippen molar-refractivity contribution >= 4 is 5.97 Å². The molecule has 1 aliphatic carbocycles. The van der Waals surface area contributed by atoms with Crippen molar-refractivity contribution in [3.8, 4) is 0 Å². The predicted molar refractivity (Wildman–Crippen MR) is 97.3 cm³/mol. The van der Waals surface area contributed by atoms with E-state index < -0.39 is 24.3 Å². The van der Waals surface area contributed by atoms with Crippen molar-refractivity contribution in [2.75, 3.05) is 0 Å². The molecular weight excluding hydrogens is 378 g/mol. The Balaban J connectivity index is 0.00000364. The second kappa shape index (κ2) is 13.9. The van der Waals surface area contributed by atoms with Crippen molar-refractivity contribution in [1.29, 1.82) is 0 Å². The van der Waals surface area contributed by atoms with Crippen molar-refractivity contribution in [3.63, 3.8) is 0 Å². The fourth-order valence-electron chi connectivity index (χ4n) is 4.26. The van der Waals surface area contributed by atoms with Crippen LogP contribution in [0.25, 0.3) is 0 Å². The Bertz CT molecular complexity index is 489. The predicted octanol–water partition coefficient (Wildman–Crippen LogP) is -1.57. The van der Waals surface area contributed by atoms with Gasteiger partial charge >= 0.3 is 29.6 Å². The molecule has 1 saturated heterocycles. The average Bonchev–Trinajstić information content (AvgIpc) is 3.05. The molecule has 2 rings (SSSR count). The van der Waals surface area contributed by atoms with E-state index in [0.717, 1.165) is 25.7 Å². The molecule has 0 aromatic carbocycles. The Morgan fingerprint density at radius 3 is 2.71 bits per heavy atom. The quantitative estimate of drug-likeness (QED) is 0.314. The summed E-state index contributed by atoms with van der Waals surface area (Å²) in [5.74, 6) is -1.41. The van der Waals surface area contributed by atoms with Crippen LogP contribution in [0.2, 0.25) is 0 Å². The van der Waals surface area contributed by atoms with Crippen LogP contribution in [0.4, 0.5) is 4.39 Å². The maximum absolute atomic E-state index is 14.8. The summed E-state index contributed by atoms with van der Waals surface area (Å²) in [5.41, 5.74) is 0. The van der Waals surface area contributed by atoms with E-state index in [-0.39, 0.29) is 65.2 Å². The van der Waals surface area contributed by atoms with Gasteiger partial charge in [-0.3, -0.25) is 0 Å². The molecule has 0 radical (unpaired) electrons. The normalized spacial score (nSPS) is 30.9. The van der Waals surface area contributed by atoms with Gasteiger partial charge in [0.2, 0.25) is 0 Å². The maximum Gasteiger partial charge on any atom is 1.00 e. The van der Waals surface area contributed by atoms with E-state index in [0.29, 0.717) is 32.1 Å². The van der Waals surface area contributed by atoms with E-state index in [1.807, 2.05) is 0 Å². The number of aliphatic hydroxyl groups is 2. The van der Waals surface area contributed by atoms with Crippen molar-refractivity contribution < 1.29 is 64.3 Å². The second-order valence-electron chi connectivity index (χ2n) is 7.70. The molecular formula is C20H34FNaO6. The number of allylic oxidation sites excluding steroid dienone is 2. The van der Waals surface area contributed by atoms with Gasteiger partial charge in [0.1, 0.15) is 11.9 Å². The van der Waals surface area contributed by atoms with Crippen LogP contribution in [0.15, 0.2) is 11.8 Å². The summed E-state index contributed by atoms with van der Waals surface area (Å²) in [7, 11) is 0. The van der Waals surface area contributed by atoms with E-state index >= 15 is 0 Å². The number of aliphatic hydroxyl groups excluding tert-OH is 2. The number of unbranched alkanes of at least 4 members (excludes halogenated alkanes) is 3. The van der Waals surface area contributed by atoms with E-state index in [2.05, 4.69) is 6.92 Å². The first kappa shape index (κ1) is 27.8. The van der Waals surface area contributed by atoms with Crippen LogP contribution in [0.5, 0.6) is 0 Å². The molecule has 2 fully saturated rings. The fourth-order valence-corrected chi connectivity index (χ4v) is 4.26. The van der Waals surface area contributed by atoms with Gasteiger partial charge in [-0.05, 0) is 50.5 Å². The number of carbonyl (C=O) groups excluding carboxylic acids is 1. The Hall–Kier alpha value is -0.180. The first-order valence-corrected chi connectivity index (χ1v) is 10.0. The molecule has 1 heterocycles. The number of hydrogen-bond acceptors (Lipinski definition) is 5. The minimum absolute atomic E-state index is 0. The summed E-state index contributed by atoms with van der Waals surface area (Å²) >= 11 is 0. The zero-order valence-electron chi connectivity index (χ0n) is 17.1. The summed E-state index contributed by atoms with van der Waals surface area (Å²) in [6.45, 7) is 2.12. The molecule has 8 heteroatoms. The fraction of sp³-hybridized carbons (Fsp3) is 0.850. The summed E-state index contributed by atoms with van der Waals surface area (Å²) in [6.07, 6.45) is 5.38. The third-order valence-corrected chi connectivity index (χ3v) is 5.69. The molecule has 0 amide bonds. The number of rotatable bonds is 11. The molecule has 0 aromatic heterocycles. The Labute approximate surface area is 189 Å². The molecule has 2 aliphatic rings. The summed E-state index contributed by atoms with van der Waals surface area (Å²) in [5, 5.41) is 30.8. The molecule has 6 nitrogen and oxygen atoms in total. The maximum atomic E-state index is 14.8. The van der Waals surface area contributed by atoms with Crippen molar-refractivity contribution in [2.24, 2.45) is 11.8 Å². The van der Waals surface area contributed by atoms with E-state index in [1.165, 1.54) is 0 Å². The average molecular weight is 412 g/mol. The molecule has 158 valence electrons. The van der Waals surface area contributed by atoms with Gasteiger partial charge in [0.05, 0.1) is 12.2 Å². The Kier molecular flexibility index (Phi) is 13.8. The van der Waals surface area contributed by atoms with Crippen LogP contribution >= 0.6 is 0 Å². The molecule has 0 bridgehead atoms. The van der Waals surface area contributed by atoms with Gasteiger partial charge in [-0.25, -0.2) is 4.39 Å². The number of aliphatic carboxylic acids is 1. The van der Waals surface area contributed by atoms with Crippen LogP contribution < -0.4 is 34.7 Å². The molecule has 0 aromatic rings. The van der Waals surface area contributed by atoms with Gasteiger partial charge in [0.25, 0.3) is 0 Å². The van der Waals surface area contributed by atoms with E-state index in [4.69, 9.17) is 4.74 Å². The van der Waals surface area contributed by atoms with Gasteiger partial charge in [-0.2, -0.15) is 0 Å². The van der Waals surface area contributed by atoms with Crippen molar-refractivity contribution in [3.05, 3.63) is 11.8 Å². The Morgan fingerprint density at radius 1 is 1.36 bits per heavy atom. The first-order valence-electron chi connectivity index (χ1n) is 10.0. The Morgan fingerprint density at radius 2 is 2.07 bits per heavy atom. The number of carbonyl (C=O) groups is 1. The SMILES string of the molecule is CCCCC[C@H](O)CC[C@@H]1[C@H]2[C@H](F)/C(=C/CCCC(=O)[O-])O[C@@H]2C[C@H]1O.O.[Na+]. The summed E-state index contributed by atoms with van der Waals surface area (Å²) in [6, 6.07) is 0. The molecule has 4 N–H and O–H groups in total. The molecule has 0 unspecified atom stereocenters. The molecule has 6 atom stereocenters. The smallest absolute Gasteiger partial charge is 0.550 e. The largest absolute Gasteiger partial charge is 1.00 e. The topological polar surface area (TPSA) is 121 Å². The zero-order chi connectivity index (χ0) is 19.1. The van der Waals surface area contributed by atoms with Crippen LogP contribution in [-0.2, 0) is 9.53 Å². The number of alkyl halides is 1. The number of halogens is 1. The van der Waals surface area contributed by atoms with Gasteiger partial charge in [0.15, 0.2) is 6.17 Å². The van der Waals surface area contributed by atoms with Crippen LogP contribution in [0, 0.1) is 11.8 Å². The molecule has 28 heavy (non-hydrogen) atoms. The van der Waals surface area contributed by atoms with Crippen LogP contribution in [0.3, 0.4) is 0 Å². The van der Waals surface area contributed by atoms with E-state index in [1.54, 1.807) is 6.08 Å².